The van der Waals surface area contributed by atoms with Crippen molar-refractivity contribution >= 4 is 5.69 Å². The topological polar surface area (TPSA) is 35.8 Å². The van der Waals surface area contributed by atoms with Crippen LogP contribution in [0.5, 0.6) is 0 Å². The zero-order valence-corrected chi connectivity index (χ0v) is 12.1. The summed E-state index contributed by atoms with van der Waals surface area (Å²) in [4.78, 5) is 0. The van der Waals surface area contributed by atoms with Crippen molar-refractivity contribution in [1.29, 1.82) is 5.26 Å². The van der Waals surface area contributed by atoms with Crippen LogP contribution in [0.15, 0.2) is 54.6 Å². The average molecular weight is 276 g/mol. The van der Waals surface area contributed by atoms with E-state index in [1.807, 2.05) is 6.07 Å². The van der Waals surface area contributed by atoms with E-state index in [4.69, 9.17) is 0 Å². The molecule has 2 unspecified atom stereocenters. The molecule has 0 amide bonds. The van der Waals surface area contributed by atoms with E-state index in [-0.39, 0.29) is 5.92 Å². The first-order valence-electron chi connectivity index (χ1n) is 7.68. The number of nitrogens with one attached hydrogen (secondary N) is 1. The second-order valence-corrected chi connectivity index (χ2v) is 5.71. The molecule has 2 nitrogen and oxygen atoms in total. The highest BCUT2D eigenvalue weighted by Crippen LogP contribution is 2.28. The molecular weight excluding hydrogens is 256 g/mol. The Bertz CT molecular complexity index is 610. The number of hydrogen-bond acceptors (Lipinski definition) is 2. The van der Waals surface area contributed by atoms with Crippen molar-refractivity contribution in [3.63, 3.8) is 0 Å². The van der Waals surface area contributed by atoms with Crippen LogP contribution in [-0.2, 0) is 0 Å². The van der Waals surface area contributed by atoms with Gasteiger partial charge >= 0.3 is 0 Å². The fraction of sp³-hybridized carbons (Fsp3) is 0.316. The number of hydrogen-bond donors (Lipinski definition) is 1. The summed E-state index contributed by atoms with van der Waals surface area (Å²) in [6, 6.07) is 21.6. The van der Waals surface area contributed by atoms with E-state index in [0.29, 0.717) is 6.04 Å². The Kier molecular flexibility index (Phi) is 4.21. The van der Waals surface area contributed by atoms with Crippen molar-refractivity contribution in [2.24, 2.45) is 5.92 Å². The zero-order chi connectivity index (χ0) is 14.5. The van der Waals surface area contributed by atoms with E-state index in [1.165, 1.54) is 24.0 Å². The maximum Gasteiger partial charge on any atom is 0.0677 e. The summed E-state index contributed by atoms with van der Waals surface area (Å²) in [5, 5.41) is 12.8. The second kappa shape index (κ2) is 6.45. The monoisotopic (exact) mass is 276 g/mol. The summed E-state index contributed by atoms with van der Waals surface area (Å²) >= 11 is 0. The zero-order valence-electron chi connectivity index (χ0n) is 12.1. The van der Waals surface area contributed by atoms with E-state index in [2.05, 4.69) is 59.9 Å². The van der Waals surface area contributed by atoms with Crippen LogP contribution in [0.3, 0.4) is 0 Å². The lowest BCUT2D eigenvalue weighted by Gasteiger charge is -2.28. The number of nitrogens with zero attached hydrogens (tertiary/aromatic N) is 1. The minimum absolute atomic E-state index is 0.146. The van der Waals surface area contributed by atoms with Gasteiger partial charge in [-0.25, -0.2) is 0 Å². The van der Waals surface area contributed by atoms with E-state index >= 15 is 0 Å². The van der Waals surface area contributed by atoms with Crippen LogP contribution < -0.4 is 5.32 Å². The van der Waals surface area contributed by atoms with Gasteiger partial charge in [0.05, 0.1) is 12.0 Å². The molecule has 1 fully saturated rings. The molecule has 2 atom stereocenters. The molecule has 0 aromatic heterocycles. The SMILES string of the molecule is N#CC1CCCCC1Nc1ccc(-c2ccccc2)cc1. The Balaban J connectivity index is 1.71. The minimum atomic E-state index is 0.146. The van der Waals surface area contributed by atoms with Crippen molar-refractivity contribution in [2.75, 3.05) is 5.32 Å². The predicted octanol–water partition coefficient (Wildman–Crippen LogP) is 4.85. The number of anilines is 1. The van der Waals surface area contributed by atoms with Gasteiger partial charge in [0, 0.05) is 11.7 Å². The molecule has 2 aromatic carbocycles. The first kappa shape index (κ1) is 13.7. The number of nitriles is 1. The van der Waals surface area contributed by atoms with Gasteiger partial charge in [-0.15, -0.1) is 0 Å². The second-order valence-electron chi connectivity index (χ2n) is 5.71. The molecule has 106 valence electrons. The molecule has 1 aliphatic carbocycles. The fourth-order valence-electron chi connectivity index (χ4n) is 3.06. The van der Waals surface area contributed by atoms with Gasteiger partial charge in [-0.3, -0.25) is 0 Å². The average Bonchev–Trinajstić information content (AvgIpc) is 2.57. The molecule has 0 radical (unpaired) electrons. The Morgan fingerprint density at radius 3 is 2.24 bits per heavy atom. The van der Waals surface area contributed by atoms with Crippen LogP contribution >= 0.6 is 0 Å². The first-order chi connectivity index (χ1) is 10.4. The molecule has 0 saturated heterocycles. The third-order valence-corrected chi connectivity index (χ3v) is 4.28. The lowest BCUT2D eigenvalue weighted by Crippen LogP contribution is -2.31. The lowest BCUT2D eigenvalue weighted by atomic mass is 9.85. The largest absolute Gasteiger partial charge is 0.381 e. The first-order valence-corrected chi connectivity index (χ1v) is 7.68. The van der Waals surface area contributed by atoms with Crippen LogP contribution in [-0.4, -0.2) is 6.04 Å². The van der Waals surface area contributed by atoms with Crippen LogP contribution in [0.2, 0.25) is 0 Å². The van der Waals surface area contributed by atoms with Crippen LogP contribution in [0, 0.1) is 17.2 Å². The fourth-order valence-corrected chi connectivity index (χ4v) is 3.06. The third kappa shape index (κ3) is 3.25. The van der Waals surface area contributed by atoms with Crippen molar-refractivity contribution in [3.8, 4) is 17.2 Å². The van der Waals surface area contributed by atoms with E-state index in [0.717, 1.165) is 18.5 Å². The van der Waals surface area contributed by atoms with Crippen molar-refractivity contribution < 1.29 is 0 Å². The Labute approximate surface area is 126 Å². The molecule has 0 bridgehead atoms. The molecule has 1 saturated carbocycles. The molecule has 21 heavy (non-hydrogen) atoms. The smallest absolute Gasteiger partial charge is 0.0677 e. The van der Waals surface area contributed by atoms with Gasteiger partial charge in [0.25, 0.3) is 0 Å². The van der Waals surface area contributed by atoms with Gasteiger partial charge in [0.2, 0.25) is 0 Å². The van der Waals surface area contributed by atoms with Gasteiger partial charge in [0.1, 0.15) is 0 Å². The third-order valence-electron chi connectivity index (χ3n) is 4.28. The minimum Gasteiger partial charge on any atom is -0.381 e. The molecule has 0 spiro atoms. The van der Waals surface area contributed by atoms with Gasteiger partial charge in [-0.05, 0) is 36.1 Å². The highest BCUT2D eigenvalue weighted by atomic mass is 14.9. The van der Waals surface area contributed by atoms with Crippen molar-refractivity contribution in [1.82, 2.24) is 0 Å². The Morgan fingerprint density at radius 2 is 1.52 bits per heavy atom. The molecule has 0 aliphatic heterocycles. The maximum absolute atomic E-state index is 9.24. The summed E-state index contributed by atoms with van der Waals surface area (Å²) in [6.45, 7) is 0. The van der Waals surface area contributed by atoms with Crippen LogP contribution in [0.1, 0.15) is 25.7 Å². The van der Waals surface area contributed by atoms with Gasteiger partial charge in [-0.2, -0.15) is 5.26 Å². The molecule has 3 rings (SSSR count). The van der Waals surface area contributed by atoms with Gasteiger partial charge < -0.3 is 5.32 Å². The van der Waals surface area contributed by atoms with Crippen LogP contribution in [0.4, 0.5) is 5.69 Å². The number of benzene rings is 2. The lowest BCUT2D eigenvalue weighted by molar-refractivity contribution is 0.389. The molecule has 2 aromatic rings. The molecule has 1 aliphatic rings. The summed E-state index contributed by atoms with van der Waals surface area (Å²) < 4.78 is 0. The maximum atomic E-state index is 9.24. The number of rotatable bonds is 3. The summed E-state index contributed by atoms with van der Waals surface area (Å²) in [5.74, 6) is 0.146. The molecule has 1 N–H and O–H groups in total. The highest BCUT2D eigenvalue weighted by Gasteiger charge is 2.24. The van der Waals surface area contributed by atoms with Gasteiger partial charge in [-0.1, -0.05) is 55.3 Å². The van der Waals surface area contributed by atoms with Crippen LogP contribution in [0.25, 0.3) is 11.1 Å². The summed E-state index contributed by atoms with van der Waals surface area (Å²) in [5.41, 5.74) is 3.57. The summed E-state index contributed by atoms with van der Waals surface area (Å²) in [6.07, 6.45) is 4.52. The Hall–Kier alpha value is -2.27. The van der Waals surface area contributed by atoms with E-state index < -0.39 is 0 Å². The standard InChI is InChI=1S/C19H20N2/c20-14-17-8-4-5-9-19(17)21-18-12-10-16(11-13-18)15-6-2-1-3-7-15/h1-3,6-7,10-13,17,19,21H,4-5,8-9H2. The van der Waals surface area contributed by atoms with Crippen molar-refractivity contribution in [3.05, 3.63) is 54.6 Å². The quantitative estimate of drug-likeness (QED) is 0.870. The van der Waals surface area contributed by atoms with E-state index in [9.17, 15) is 5.26 Å². The van der Waals surface area contributed by atoms with Gasteiger partial charge in [0.15, 0.2) is 0 Å². The summed E-state index contributed by atoms with van der Waals surface area (Å²) in [7, 11) is 0. The molecule has 0 heterocycles. The molecule has 2 heteroatoms. The Morgan fingerprint density at radius 1 is 0.857 bits per heavy atom. The van der Waals surface area contributed by atoms with E-state index in [1.54, 1.807) is 0 Å². The highest BCUT2D eigenvalue weighted by molar-refractivity contribution is 5.66. The normalized spacial score (nSPS) is 21.5. The molecular formula is C19H20N2. The van der Waals surface area contributed by atoms with Crippen molar-refractivity contribution in [2.45, 2.75) is 31.7 Å². The predicted molar refractivity (Wildman–Crippen MR) is 86.9 cm³/mol.